The number of rotatable bonds is 5. The van der Waals surface area contributed by atoms with E-state index in [0.29, 0.717) is 0 Å². The van der Waals surface area contributed by atoms with Crippen molar-refractivity contribution >= 4 is 11.7 Å². The Morgan fingerprint density at radius 2 is 2.06 bits per heavy atom. The Morgan fingerprint density at radius 1 is 1.39 bits per heavy atom. The second-order valence-electron chi connectivity index (χ2n) is 4.38. The van der Waals surface area contributed by atoms with Crippen LogP contribution in [0.15, 0.2) is 24.3 Å². The molecule has 5 heteroatoms. The highest BCUT2D eigenvalue weighted by atomic mass is 19.1. The van der Waals surface area contributed by atoms with E-state index in [4.69, 9.17) is 5.73 Å². The Hall–Kier alpha value is -1.75. The molecule has 1 amide bonds. The van der Waals surface area contributed by atoms with Gasteiger partial charge in [-0.15, -0.1) is 0 Å². The Balaban J connectivity index is 2.54. The van der Waals surface area contributed by atoms with Gasteiger partial charge in [0.15, 0.2) is 5.78 Å². The fraction of sp³-hybridized carbons (Fsp3) is 0.385. The lowest BCUT2D eigenvalue weighted by atomic mass is 10.0. The average Bonchev–Trinajstić information content (AvgIpc) is 2.34. The third-order valence-corrected chi connectivity index (χ3v) is 2.50. The normalized spacial score (nSPS) is 12.3. The summed E-state index contributed by atoms with van der Waals surface area (Å²) in [6, 6.07) is 4.59. The highest BCUT2D eigenvalue weighted by molar-refractivity contribution is 5.94. The van der Waals surface area contributed by atoms with Gasteiger partial charge in [0.05, 0.1) is 6.04 Å². The summed E-state index contributed by atoms with van der Waals surface area (Å²) >= 11 is 0. The molecular formula is C13H17FN2O2. The molecule has 98 valence electrons. The number of carbonyl (C=O) groups is 2. The lowest BCUT2D eigenvalue weighted by molar-refractivity contribution is -0.123. The Bertz CT molecular complexity index is 446. The zero-order chi connectivity index (χ0) is 13.7. The molecule has 0 aliphatic heterocycles. The van der Waals surface area contributed by atoms with E-state index in [2.05, 4.69) is 5.32 Å². The van der Waals surface area contributed by atoms with Crippen LogP contribution in [0.3, 0.4) is 0 Å². The second-order valence-corrected chi connectivity index (χ2v) is 4.38. The first kappa shape index (κ1) is 14.3. The molecule has 0 unspecified atom stereocenters. The van der Waals surface area contributed by atoms with E-state index < -0.39 is 17.8 Å². The molecule has 0 fully saturated rings. The minimum atomic E-state index is -0.734. The van der Waals surface area contributed by atoms with Crippen LogP contribution in [-0.2, 0) is 4.79 Å². The van der Waals surface area contributed by atoms with Gasteiger partial charge < -0.3 is 11.1 Å². The zero-order valence-electron chi connectivity index (χ0n) is 10.4. The van der Waals surface area contributed by atoms with Gasteiger partial charge in [-0.1, -0.05) is 19.9 Å². The van der Waals surface area contributed by atoms with Gasteiger partial charge >= 0.3 is 0 Å². The number of Topliss-reactive ketones (excluding diaryl/α,β-unsaturated/α-hetero) is 1. The maximum Gasteiger partial charge on any atom is 0.251 e. The summed E-state index contributed by atoms with van der Waals surface area (Å²) in [5, 5.41) is 2.51. The van der Waals surface area contributed by atoms with Crippen molar-refractivity contribution in [3.63, 3.8) is 0 Å². The van der Waals surface area contributed by atoms with Crippen molar-refractivity contribution in [3.8, 4) is 0 Å². The first-order valence-electron chi connectivity index (χ1n) is 5.75. The van der Waals surface area contributed by atoms with E-state index in [1.165, 1.54) is 18.2 Å². The van der Waals surface area contributed by atoms with Gasteiger partial charge in [-0.3, -0.25) is 9.59 Å². The molecule has 3 N–H and O–H groups in total. The first-order chi connectivity index (χ1) is 8.41. The minimum Gasteiger partial charge on any atom is -0.350 e. The number of nitrogens with two attached hydrogens (primary N) is 1. The topological polar surface area (TPSA) is 72.2 Å². The predicted molar refractivity (Wildman–Crippen MR) is 66.6 cm³/mol. The molecule has 18 heavy (non-hydrogen) atoms. The van der Waals surface area contributed by atoms with Crippen LogP contribution in [0.1, 0.15) is 24.2 Å². The van der Waals surface area contributed by atoms with E-state index in [-0.39, 0.29) is 23.8 Å². The summed E-state index contributed by atoms with van der Waals surface area (Å²) < 4.78 is 12.9. The molecule has 0 bridgehead atoms. The largest absolute Gasteiger partial charge is 0.350 e. The smallest absolute Gasteiger partial charge is 0.251 e. The average molecular weight is 252 g/mol. The standard InChI is InChI=1S/C13H17FN2O2/c1-8(2)12(17)11(15)7-16-13(18)9-4-3-5-10(14)6-9/h3-6,8,11H,7,15H2,1-2H3,(H,16,18)/t11-/m0/s1. The number of hydrogen-bond donors (Lipinski definition) is 2. The van der Waals surface area contributed by atoms with E-state index >= 15 is 0 Å². The molecule has 0 saturated heterocycles. The molecule has 0 aromatic heterocycles. The fourth-order valence-corrected chi connectivity index (χ4v) is 1.46. The second kappa shape index (κ2) is 6.26. The fourth-order valence-electron chi connectivity index (χ4n) is 1.46. The van der Waals surface area contributed by atoms with Crippen LogP contribution in [0.25, 0.3) is 0 Å². The molecule has 0 heterocycles. The molecule has 0 aliphatic rings. The van der Waals surface area contributed by atoms with Gasteiger partial charge in [-0.05, 0) is 18.2 Å². The van der Waals surface area contributed by atoms with E-state index in [1.54, 1.807) is 13.8 Å². The van der Waals surface area contributed by atoms with Crippen LogP contribution in [-0.4, -0.2) is 24.3 Å². The van der Waals surface area contributed by atoms with Crippen LogP contribution < -0.4 is 11.1 Å². The maximum atomic E-state index is 12.9. The number of halogens is 1. The summed E-state index contributed by atoms with van der Waals surface area (Å²) in [5.74, 6) is -1.22. The Labute approximate surface area is 105 Å². The van der Waals surface area contributed by atoms with Crippen LogP contribution in [0, 0.1) is 11.7 Å². The predicted octanol–water partition coefficient (Wildman–Crippen LogP) is 1.11. The lowest BCUT2D eigenvalue weighted by Crippen LogP contribution is -2.44. The highest BCUT2D eigenvalue weighted by Gasteiger charge is 2.17. The number of amides is 1. The van der Waals surface area contributed by atoms with E-state index in [1.807, 2.05) is 0 Å². The molecular weight excluding hydrogens is 235 g/mol. The molecule has 0 spiro atoms. The van der Waals surface area contributed by atoms with Crippen molar-refractivity contribution in [2.45, 2.75) is 19.9 Å². The maximum absolute atomic E-state index is 12.9. The number of nitrogens with one attached hydrogen (secondary N) is 1. The van der Waals surface area contributed by atoms with Crippen LogP contribution >= 0.6 is 0 Å². The van der Waals surface area contributed by atoms with Crippen molar-refractivity contribution in [2.75, 3.05) is 6.54 Å². The SMILES string of the molecule is CC(C)C(=O)[C@@H](N)CNC(=O)c1cccc(F)c1. The Morgan fingerprint density at radius 3 is 2.61 bits per heavy atom. The zero-order valence-corrected chi connectivity index (χ0v) is 10.4. The summed E-state index contributed by atoms with van der Waals surface area (Å²) in [6.07, 6.45) is 0. The van der Waals surface area contributed by atoms with Crippen molar-refractivity contribution in [1.29, 1.82) is 0 Å². The number of carbonyl (C=O) groups excluding carboxylic acids is 2. The van der Waals surface area contributed by atoms with Gasteiger partial charge in [-0.2, -0.15) is 0 Å². The molecule has 1 rings (SSSR count). The molecule has 0 saturated carbocycles. The van der Waals surface area contributed by atoms with Crippen LogP contribution in [0.4, 0.5) is 4.39 Å². The van der Waals surface area contributed by atoms with Crippen molar-refractivity contribution in [3.05, 3.63) is 35.6 Å². The van der Waals surface area contributed by atoms with Crippen molar-refractivity contribution in [1.82, 2.24) is 5.32 Å². The minimum absolute atomic E-state index is 0.0480. The number of ketones is 1. The van der Waals surface area contributed by atoms with Gasteiger partial charge in [-0.25, -0.2) is 4.39 Å². The number of hydrogen-bond acceptors (Lipinski definition) is 3. The highest BCUT2D eigenvalue weighted by Crippen LogP contribution is 2.03. The van der Waals surface area contributed by atoms with Gasteiger partial charge in [0.2, 0.25) is 0 Å². The molecule has 1 aromatic rings. The van der Waals surface area contributed by atoms with Gasteiger partial charge in [0.25, 0.3) is 5.91 Å². The molecule has 1 aromatic carbocycles. The monoisotopic (exact) mass is 252 g/mol. The number of benzene rings is 1. The van der Waals surface area contributed by atoms with Gasteiger partial charge in [0, 0.05) is 18.0 Å². The quantitative estimate of drug-likeness (QED) is 0.824. The summed E-state index contributed by atoms with van der Waals surface area (Å²) in [4.78, 5) is 23.2. The third kappa shape index (κ3) is 3.92. The molecule has 1 atom stereocenters. The summed E-state index contributed by atoms with van der Waals surface area (Å²) in [6.45, 7) is 3.54. The van der Waals surface area contributed by atoms with Crippen molar-refractivity contribution in [2.24, 2.45) is 11.7 Å². The van der Waals surface area contributed by atoms with Crippen LogP contribution in [0.5, 0.6) is 0 Å². The van der Waals surface area contributed by atoms with E-state index in [0.717, 1.165) is 6.07 Å². The third-order valence-electron chi connectivity index (χ3n) is 2.50. The lowest BCUT2D eigenvalue weighted by Gasteiger charge is -2.13. The summed E-state index contributed by atoms with van der Waals surface area (Å²) in [7, 11) is 0. The van der Waals surface area contributed by atoms with Gasteiger partial charge in [0.1, 0.15) is 5.82 Å². The Kier molecular flexibility index (Phi) is 4.97. The first-order valence-corrected chi connectivity index (χ1v) is 5.75. The molecule has 4 nitrogen and oxygen atoms in total. The molecule has 0 radical (unpaired) electrons. The van der Waals surface area contributed by atoms with E-state index in [9.17, 15) is 14.0 Å². The van der Waals surface area contributed by atoms with Crippen LogP contribution in [0.2, 0.25) is 0 Å². The summed E-state index contributed by atoms with van der Waals surface area (Å²) in [5.41, 5.74) is 5.84. The molecule has 0 aliphatic carbocycles. The van der Waals surface area contributed by atoms with Crippen molar-refractivity contribution < 1.29 is 14.0 Å².